The zero-order valence-electron chi connectivity index (χ0n) is 43.7. The van der Waals surface area contributed by atoms with Gasteiger partial charge in [-0.1, -0.05) is 115 Å². The molecule has 0 fully saturated rings. The Morgan fingerprint density at radius 3 is 1.08 bits per heavy atom. The van der Waals surface area contributed by atoms with Crippen molar-refractivity contribution in [1.82, 2.24) is 31.9 Å². The lowest BCUT2D eigenvalue weighted by Gasteiger charge is -2.28. The van der Waals surface area contributed by atoms with Crippen LogP contribution in [0.3, 0.4) is 0 Å². The molecule has 0 spiro atoms. The number of rotatable bonds is 30. The Balaban J connectivity index is 1.51. The van der Waals surface area contributed by atoms with Gasteiger partial charge in [0.15, 0.2) is 17.9 Å². The predicted molar refractivity (Wildman–Crippen MR) is 302 cm³/mol. The molecule has 0 radical (unpaired) electrons. The summed E-state index contributed by atoms with van der Waals surface area (Å²) in [6, 6.07) is 27.7. The van der Waals surface area contributed by atoms with Crippen molar-refractivity contribution in [2.45, 2.75) is 101 Å². The Morgan fingerprint density at radius 1 is 0.372 bits per heavy atom. The molecule has 0 saturated carbocycles. The van der Waals surface area contributed by atoms with E-state index in [-0.39, 0.29) is 95.3 Å². The number of guanidine groups is 3. The second-order valence-corrected chi connectivity index (χ2v) is 18.8. The highest BCUT2D eigenvalue weighted by Gasteiger charge is 2.34. The zero-order valence-corrected chi connectivity index (χ0v) is 43.7. The first-order valence-corrected chi connectivity index (χ1v) is 25.6. The van der Waals surface area contributed by atoms with Gasteiger partial charge in [0.2, 0.25) is 41.4 Å². The standard InChI is InChI=1S/C55H72N16O7/c1-33(72)66-44(30-34-12-3-2-4-13-34)50(76)68-43(20-11-27-65-55(61)62)49(75)70-46(32-36-22-24-38-15-6-8-17-40(38)29-36)52(78)71-45(31-35-21-23-37-14-5-7-16-39(37)28-35)51(77)69-42(19-10-26-64-54(59)60)48(74)67-41(47(56)73)18-9-25-63-53(57)58/h2-8,12-17,21-24,28-29,41-46H,9-11,18-20,25-27,30-32H2,1H3,(H2,56,73)(H,66,72)(H,67,74)(H,68,76)(H,69,77)(H,70,75)(H,71,78)(H4,57,58,63)(H4,59,60,64)(H4,61,62,65)/t41-,42-,43-,44-,45-,46-/m0/s1. The number of aliphatic imine (C=N–C) groups is 3. The van der Waals surface area contributed by atoms with Crippen LogP contribution in [0.1, 0.15) is 62.1 Å². The topological polar surface area (TPSA) is 411 Å². The number of fused-ring (bicyclic) bond motifs is 2. The van der Waals surface area contributed by atoms with Gasteiger partial charge in [0, 0.05) is 45.8 Å². The Morgan fingerprint density at radius 2 is 0.692 bits per heavy atom. The van der Waals surface area contributed by atoms with E-state index in [1.54, 1.807) is 24.3 Å². The first-order chi connectivity index (χ1) is 37.3. The number of amides is 7. The minimum absolute atomic E-state index is 0.00328. The first-order valence-electron chi connectivity index (χ1n) is 25.6. The number of nitrogens with zero attached hydrogens (tertiary/aromatic N) is 3. The van der Waals surface area contributed by atoms with Gasteiger partial charge in [-0.25, -0.2) is 0 Å². The summed E-state index contributed by atoms with van der Waals surface area (Å²) in [6.07, 6.45) is 0.678. The number of primary amides is 1. The van der Waals surface area contributed by atoms with E-state index >= 15 is 4.79 Å². The van der Waals surface area contributed by atoms with Gasteiger partial charge >= 0.3 is 0 Å². The Bertz CT molecular complexity index is 2960. The molecule has 0 saturated heterocycles. The molecule has 0 bridgehead atoms. The van der Waals surface area contributed by atoms with Crippen molar-refractivity contribution in [2.75, 3.05) is 19.6 Å². The zero-order chi connectivity index (χ0) is 56.6. The van der Waals surface area contributed by atoms with Crippen LogP contribution in [0.5, 0.6) is 0 Å². The second-order valence-electron chi connectivity index (χ2n) is 18.8. The highest BCUT2D eigenvalue weighted by Crippen LogP contribution is 2.20. The third-order valence-corrected chi connectivity index (χ3v) is 12.5. The van der Waals surface area contributed by atoms with Crippen LogP contribution >= 0.6 is 0 Å². The molecule has 6 atom stereocenters. The normalized spacial score (nSPS) is 13.2. The van der Waals surface area contributed by atoms with E-state index in [2.05, 4.69) is 46.9 Å². The Labute approximate surface area is 452 Å². The maximum atomic E-state index is 15.1. The molecule has 414 valence electrons. The fraction of sp³-hybridized carbons (Fsp3) is 0.345. The van der Waals surface area contributed by atoms with E-state index in [4.69, 9.17) is 40.1 Å². The summed E-state index contributed by atoms with van der Waals surface area (Å²) in [5.41, 5.74) is 40.9. The first kappa shape index (κ1) is 59.6. The lowest BCUT2D eigenvalue weighted by molar-refractivity contribution is -0.135. The number of nitrogens with two attached hydrogens (primary N) is 7. The van der Waals surface area contributed by atoms with Gasteiger partial charge in [-0.3, -0.25) is 48.5 Å². The van der Waals surface area contributed by atoms with Crippen LogP contribution < -0.4 is 72.0 Å². The molecule has 0 aromatic heterocycles. The van der Waals surface area contributed by atoms with Crippen LogP contribution in [0.2, 0.25) is 0 Å². The van der Waals surface area contributed by atoms with Crippen LogP contribution in [-0.2, 0) is 52.8 Å². The molecule has 0 aliphatic rings. The summed E-state index contributed by atoms with van der Waals surface area (Å²) in [5, 5.41) is 20.2. The maximum Gasteiger partial charge on any atom is 0.243 e. The number of nitrogens with one attached hydrogen (secondary N) is 6. The van der Waals surface area contributed by atoms with E-state index in [1.165, 1.54) is 6.92 Å². The van der Waals surface area contributed by atoms with Gasteiger partial charge in [-0.2, -0.15) is 0 Å². The van der Waals surface area contributed by atoms with Crippen molar-refractivity contribution in [3.05, 3.63) is 132 Å². The quantitative estimate of drug-likeness (QED) is 0.0158. The molecule has 5 aromatic rings. The summed E-state index contributed by atoms with van der Waals surface area (Å²) in [5.74, 6) is -5.57. The van der Waals surface area contributed by atoms with Crippen LogP contribution in [-0.4, -0.2) is 115 Å². The third-order valence-electron chi connectivity index (χ3n) is 12.5. The average molecular weight is 1070 g/mol. The highest BCUT2D eigenvalue weighted by atomic mass is 16.2. The predicted octanol–water partition coefficient (Wildman–Crippen LogP) is -0.404. The maximum absolute atomic E-state index is 15.1. The van der Waals surface area contributed by atoms with Crippen molar-refractivity contribution in [2.24, 2.45) is 55.1 Å². The van der Waals surface area contributed by atoms with Crippen LogP contribution in [0.4, 0.5) is 0 Å². The van der Waals surface area contributed by atoms with Gasteiger partial charge in [-0.15, -0.1) is 0 Å². The number of carbonyl (C=O) groups excluding carboxylic acids is 7. The van der Waals surface area contributed by atoms with Gasteiger partial charge in [0.05, 0.1) is 0 Å². The molecule has 0 aliphatic heterocycles. The summed E-state index contributed by atoms with van der Waals surface area (Å²) < 4.78 is 0. The minimum atomic E-state index is -1.39. The second kappa shape index (κ2) is 30.3. The lowest BCUT2D eigenvalue weighted by Crippen LogP contribution is -2.60. The number of hydrogen-bond donors (Lipinski definition) is 13. The molecule has 5 aromatic carbocycles. The SMILES string of the molecule is CC(=O)N[C@@H](Cc1ccccc1)C(=O)N[C@@H](CCCN=C(N)N)C(=O)N[C@@H](Cc1ccc2ccccc2c1)C(=O)N[C@@H](Cc1ccc2ccccc2c1)C(=O)N[C@@H](CCCN=C(N)N)C(=O)N[C@@H](CCCN=C(N)N)C(N)=O. The third kappa shape index (κ3) is 20.1. The van der Waals surface area contributed by atoms with E-state index < -0.39 is 77.6 Å². The monoisotopic (exact) mass is 1070 g/mol. The van der Waals surface area contributed by atoms with E-state index in [1.807, 2.05) is 91.0 Å². The van der Waals surface area contributed by atoms with E-state index in [0.29, 0.717) is 11.1 Å². The van der Waals surface area contributed by atoms with Crippen molar-refractivity contribution in [3.63, 3.8) is 0 Å². The fourth-order valence-corrected chi connectivity index (χ4v) is 8.62. The summed E-state index contributed by atoms with van der Waals surface area (Å²) in [7, 11) is 0. The molecule has 20 N–H and O–H groups in total. The molecule has 0 unspecified atom stereocenters. The molecule has 78 heavy (non-hydrogen) atoms. The van der Waals surface area contributed by atoms with E-state index in [9.17, 15) is 28.8 Å². The molecule has 0 aliphatic carbocycles. The van der Waals surface area contributed by atoms with Gasteiger partial charge in [-0.05, 0) is 76.8 Å². The largest absolute Gasteiger partial charge is 0.370 e. The summed E-state index contributed by atoms with van der Waals surface area (Å²) >= 11 is 0. The molecule has 23 nitrogen and oxygen atoms in total. The Hall–Kier alpha value is -9.28. The van der Waals surface area contributed by atoms with Gasteiger partial charge in [0.25, 0.3) is 0 Å². The van der Waals surface area contributed by atoms with Crippen molar-refractivity contribution in [3.8, 4) is 0 Å². The minimum Gasteiger partial charge on any atom is -0.370 e. The molecule has 7 amide bonds. The van der Waals surface area contributed by atoms with Crippen LogP contribution in [0.15, 0.2) is 130 Å². The molecule has 23 heteroatoms. The smallest absolute Gasteiger partial charge is 0.243 e. The molecular formula is C55H72N16O7. The van der Waals surface area contributed by atoms with Crippen LogP contribution in [0, 0.1) is 0 Å². The highest BCUT2D eigenvalue weighted by molar-refractivity contribution is 5.97. The van der Waals surface area contributed by atoms with Crippen molar-refractivity contribution >= 4 is 80.8 Å². The number of hydrogen-bond acceptors (Lipinski definition) is 10. The average Bonchev–Trinajstić information content (AvgIpc) is 3.44. The summed E-state index contributed by atoms with van der Waals surface area (Å²) in [6.45, 7) is 1.62. The summed E-state index contributed by atoms with van der Waals surface area (Å²) in [4.78, 5) is 110. The molecule has 5 rings (SSSR count). The Kier molecular flexibility index (Phi) is 23.2. The van der Waals surface area contributed by atoms with Crippen molar-refractivity contribution in [1.29, 1.82) is 0 Å². The van der Waals surface area contributed by atoms with Crippen molar-refractivity contribution < 1.29 is 33.6 Å². The van der Waals surface area contributed by atoms with Gasteiger partial charge < -0.3 is 72.0 Å². The fourth-order valence-electron chi connectivity index (χ4n) is 8.62. The van der Waals surface area contributed by atoms with Gasteiger partial charge in [0.1, 0.15) is 36.3 Å². The van der Waals surface area contributed by atoms with E-state index in [0.717, 1.165) is 27.1 Å². The molecular weight excluding hydrogens is 997 g/mol. The number of benzene rings is 5. The lowest BCUT2D eigenvalue weighted by atomic mass is 9.98. The van der Waals surface area contributed by atoms with Crippen LogP contribution in [0.25, 0.3) is 21.5 Å². The molecule has 0 heterocycles. The number of carbonyl (C=O) groups is 7.